The lowest BCUT2D eigenvalue weighted by atomic mass is 9.87. The first-order valence-electron chi connectivity index (χ1n) is 11.3. The Balaban J connectivity index is 1.24. The summed E-state index contributed by atoms with van der Waals surface area (Å²) in [6.45, 7) is 7.96. The van der Waals surface area contributed by atoms with Crippen molar-refractivity contribution in [3.05, 3.63) is 53.9 Å². The normalized spacial score (nSPS) is 17.8. The number of carbonyl (C=O) groups is 1. The van der Waals surface area contributed by atoms with Gasteiger partial charge in [0.15, 0.2) is 11.5 Å². The summed E-state index contributed by atoms with van der Waals surface area (Å²) in [6.07, 6.45) is 1.77. The summed E-state index contributed by atoms with van der Waals surface area (Å²) in [4.78, 5) is 14.7. The molecule has 1 unspecified atom stereocenters. The summed E-state index contributed by atoms with van der Waals surface area (Å²) < 4.78 is 16.8. The van der Waals surface area contributed by atoms with Gasteiger partial charge in [-0.25, -0.2) is 4.79 Å². The predicted octanol–water partition coefficient (Wildman–Crippen LogP) is 5.17. The Morgan fingerprint density at radius 1 is 1.06 bits per heavy atom. The molecule has 8 nitrogen and oxygen atoms in total. The largest absolute Gasteiger partial charge is 0.454 e. The number of urea groups is 1. The highest BCUT2D eigenvalue weighted by Crippen LogP contribution is 2.36. The van der Waals surface area contributed by atoms with E-state index in [2.05, 4.69) is 48.4 Å². The summed E-state index contributed by atoms with van der Waals surface area (Å²) in [5, 5.41) is 11.5. The fraction of sp³-hybridized carbons (Fsp3) is 0.400. The van der Waals surface area contributed by atoms with Crippen molar-refractivity contribution in [1.29, 1.82) is 0 Å². The highest BCUT2D eigenvalue weighted by molar-refractivity contribution is 5.89. The molecule has 3 heterocycles. The van der Waals surface area contributed by atoms with Crippen LogP contribution >= 0.6 is 0 Å². The first-order valence-corrected chi connectivity index (χ1v) is 11.3. The van der Waals surface area contributed by atoms with Crippen molar-refractivity contribution in [2.75, 3.05) is 25.2 Å². The lowest BCUT2D eigenvalue weighted by Gasteiger charge is -2.31. The predicted molar refractivity (Wildman–Crippen MR) is 124 cm³/mol. The molecule has 1 saturated heterocycles. The van der Waals surface area contributed by atoms with Gasteiger partial charge in [0.1, 0.15) is 0 Å². The zero-order chi connectivity index (χ0) is 23.0. The number of likely N-dealkylation sites (tertiary alicyclic amines) is 1. The molecule has 1 N–H and O–H groups in total. The standard InChI is InChI=1S/C25H28N4O4/c1-25(2,3)18-7-9-19(10-8-18)26-24(30)29-12-4-5-17(14-29)23-28-27-22(33-23)16-6-11-20-21(13-16)32-15-31-20/h6-11,13,17H,4-5,12,14-15H2,1-3H3,(H,26,30). The fourth-order valence-corrected chi connectivity index (χ4v) is 4.17. The molecular weight excluding hydrogens is 420 g/mol. The highest BCUT2D eigenvalue weighted by atomic mass is 16.7. The molecule has 0 aliphatic carbocycles. The second kappa shape index (κ2) is 8.42. The molecular formula is C25H28N4O4. The van der Waals surface area contributed by atoms with E-state index in [0.29, 0.717) is 36.4 Å². The number of benzene rings is 2. The van der Waals surface area contributed by atoms with E-state index >= 15 is 0 Å². The molecule has 2 amide bonds. The fourth-order valence-electron chi connectivity index (χ4n) is 4.17. The Bertz CT molecular complexity index is 1150. The molecule has 3 aromatic rings. The zero-order valence-electron chi connectivity index (χ0n) is 19.1. The number of hydrogen-bond acceptors (Lipinski definition) is 6. The summed E-state index contributed by atoms with van der Waals surface area (Å²) in [7, 11) is 0. The van der Waals surface area contributed by atoms with Crippen LogP contribution in [0.4, 0.5) is 10.5 Å². The molecule has 0 saturated carbocycles. The van der Waals surface area contributed by atoms with Gasteiger partial charge >= 0.3 is 6.03 Å². The Hall–Kier alpha value is -3.55. The maximum Gasteiger partial charge on any atom is 0.321 e. The zero-order valence-corrected chi connectivity index (χ0v) is 19.1. The molecule has 172 valence electrons. The first-order chi connectivity index (χ1) is 15.9. The van der Waals surface area contributed by atoms with Gasteiger partial charge in [0, 0.05) is 24.3 Å². The van der Waals surface area contributed by atoms with Crippen molar-refractivity contribution in [3.63, 3.8) is 0 Å². The van der Waals surface area contributed by atoms with Crippen molar-refractivity contribution in [2.24, 2.45) is 0 Å². The second-order valence-corrected chi connectivity index (χ2v) is 9.56. The van der Waals surface area contributed by atoms with Gasteiger partial charge in [0.25, 0.3) is 0 Å². The maximum absolute atomic E-state index is 12.9. The van der Waals surface area contributed by atoms with E-state index in [-0.39, 0.29) is 24.2 Å². The smallest absolute Gasteiger partial charge is 0.321 e. The quantitative estimate of drug-likeness (QED) is 0.594. The van der Waals surface area contributed by atoms with Crippen LogP contribution in [0.3, 0.4) is 0 Å². The van der Waals surface area contributed by atoms with Crippen molar-refractivity contribution in [1.82, 2.24) is 15.1 Å². The van der Waals surface area contributed by atoms with Gasteiger partial charge in [0.05, 0.1) is 5.92 Å². The van der Waals surface area contributed by atoms with Gasteiger partial charge in [-0.15, -0.1) is 10.2 Å². The van der Waals surface area contributed by atoms with Crippen LogP contribution in [-0.4, -0.2) is 41.0 Å². The molecule has 8 heteroatoms. The van der Waals surface area contributed by atoms with E-state index in [1.807, 2.05) is 35.2 Å². The van der Waals surface area contributed by atoms with E-state index in [4.69, 9.17) is 13.9 Å². The Kier molecular flexibility index (Phi) is 5.44. The van der Waals surface area contributed by atoms with Crippen LogP contribution < -0.4 is 14.8 Å². The number of amides is 2. The topological polar surface area (TPSA) is 89.7 Å². The third-order valence-electron chi connectivity index (χ3n) is 6.12. The van der Waals surface area contributed by atoms with Gasteiger partial charge in [-0.05, 0) is 54.2 Å². The minimum atomic E-state index is -0.112. The number of nitrogens with one attached hydrogen (secondary N) is 1. The van der Waals surface area contributed by atoms with Crippen LogP contribution in [-0.2, 0) is 5.41 Å². The molecule has 2 aromatic carbocycles. The number of ether oxygens (including phenoxy) is 2. The molecule has 0 radical (unpaired) electrons. The Morgan fingerprint density at radius 3 is 2.64 bits per heavy atom. The Morgan fingerprint density at radius 2 is 1.85 bits per heavy atom. The van der Waals surface area contributed by atoms with E-state index in [0.717, 1.165) is 24.1 Å². The average Bonchev–Trinajstić information content (AvgIpc) is 3.48. The first kappa shape index (κ1) is 21.3. The van der Waals surface area contributed by atoms with E-state index < -0.39 is 0 Å². The number of piperidine rings is 1. The van der Waals surface area contributed by atoms with Crippen LogP contribution in [0.15, 0.2) is 46.9 Å². The second-order valence-electron chi connectivity index (χ2n) is 9.56. The van der Waals surface area contributed by atoms with Crippen molar-refractivity contribution in [3.8, 4) is 23.0 Å². The Labute approximate surface area is 192 Å². The number of hydrogen-bond donors (Lipinski definition) is 1. The summed E-state index contributed by atoms with van der Waals surface area (Å²) >= 11 is 0. The lowest BCUT2D eigenvalue weighted by molar-refractivity contribution is 0.174. The van der Waals surface area contributed by atoms with E-state index in [1.54, 1.807) is 0 Å². The molecule has 0 spiro atoms. The molecule has 0 bridgehead atoms. The monoisotopic (exact) mass is 448 g/mol. The van der Waals surface area contributed by atoms with Crippen molar-refractivity contribution < 1.29 is 18.7 Å². The number of aromatic nitrogens is 2. The van der Waals surface area contributed by atoms with Crippen LogP contribution in [0.25, 0.3) is 11.5 Å². The van der Waals surface area contributed by atoms with Gasteiger partial charge in [0.2, 0.25) is 18.6 Å². The van der Waals surface area contributed by atoms with Gasteiger partial charge in [-0.2, -0.15) is 0 Å². The summed E-state index contributed by atoms with van der Waals surface area (Å²) in [5.74, 6) is 2.37. The lowest BCUT2D eigenvalue weighted by Crippen LogP contribution is -2.41. The summed E-state index contributed by atoms with van der Waals surface area (Å²) in [5.41, 5.74) is 2.87. The number of anilines is 1. The van der Waals surface area contributed by atoms with Crippen LogP contribution in [0.5, 0.6) is 11.5 Å². The van der Waals surface area contributed by atoms with E-state index in [1.165, 1.54) is 5.56 Å². The SMILES string of the molecule is CC(C)(C)c1ccc(NC(=O)N2CCCC(c3nnc(-c4ccc5c(c4)OCO5)o3)C2)cc1. The van der Waals surface area contributed by atoms with Crippen LogP contribution in [0, 0.1) is 0 Å². The third-order valence-corrected chi connectivity index (χ3v) is 6.12. The minimum Gasteiger partial charge on any atom is -0.454 e. The molecule has 5 rings (SSSR count). The van der Waals surface area contributed by atoms with Crippen molar-refractivity contribution in [2.45, 2.75) is 44.9 Å². The molecule has 2 aliphatic rings. The number of rotatable bonds is 3. The van der Waals surface area contributed by atoms with Gasteiger partial charge < -0.3 is 24.1 Å². The molecule has 2 aliphatic heterocycles. The van der Waals surface area contributed by atoms with E-state index in [9.17, 15) is 4.79 Å². The average molecular weight is 449 g/mol. The molecule has 1 atom stereocenters. The van der Waals surface area contributed by atoms with Gasteiger partial charge in [-0.3, -0.25) is 0 Å². The third kappa shape index (κ3) is 4.51. The number of carbonyl (C=O) groups excluding carboxylic acids is 1. The maximum atomic E-state index is 12.9. The summed E-state index contributed by atoms with van der Waals surface area (Å²) in [6, 6.07) is 13.5. The van der Waals surface area contributed by atoms with Crippen LogP contribution in [0.1, 0.15) is 51.0 Å². The number of nitrogens with zero attached hydrogens (tertiary/aromatic N) is 3. The molecule has 1 aromatic heterocycles. The highest BCUT2D eigenvalue weighted by Gasteiger charge is 2.29. The van der Waals surface area contributed by atoms with Crippen molar-refractivity contribution >= 4 is 11.7 Å². The minimum absolute atomic E-state index is 0.00280. The van der Waals surface area contributed by atoms with Gasteiger partial charge in [-0.1, -0.05) is 32.9 Å². The van der Waals surface area contributed by atoms with Crippen LogP contribution in [0.2, 0.25) is 0 Å². The molecule has 1 fully saturated rings. The molecule has 33 heavy (non-hydrogen) atoms. The number of fused-ring (bicyclic) bond motifs is 1.